The number of hydrogen-bond acceptors (Lipinski definition) is 6. The maximum absolute atomic E-state index is 13.3. The van der Waals surface area contributed by atoms with E-state index >= 15 is 0 Å². The zero-order valence-corrected chi connectivity index (χ0v) is 12.4. The molecule has 0 saturated heterocycles. The number of halogens is 2. The van der Waals surface area contributed by atoms with E-state index in [4.69, 9.17) is 4.52 Å². The maximum Gasteiger partial charge on any atom is 0.230 e. The molecule has 0 fully saturated rings. The van der Waals surface area contributed by atoms with Crippen molar-refractivity contribution in [3.05, 3.63) is 53.4 Å². The molecule has 0 amide bonds. The molecular weight excluding hydrogens is 304 g/mol. The van der Waals surface area contributed by atoms with Gasteiger partial charge in [-0.05, 0) is 26.0 Å². The van der Waals surface area contributed by atoms with Crippen LogP contribution in [0, 0.1) is 25.5 Å². The number of rotatable bonds is 4. The highest BCUT2D eigenvalue weighted by Gasteiger charge is 2.07. The van der Waals surface area contributed by atoms with Gasteiger partial charge in [0.1, 0.15) is 11.6 Å². The van der Waals surface area contributed by atoms with Gasteiger partial charge in [0.2, 0.25) is 5.95 Å². The van der Waals surface area contributed by atoms with Crippen LogP contribution in [0.15, 0.2) is 34.9 Å². The van der Waals surface area contributed by atoms with Crippen LogP contribution in [0.25, 0.3) is 0 Å². The molecule has 3 rings (SSSR count). The van der Waals surface area contributed by atoms with E-state index < -0.39 is 11.6 Å². The van der Waals surface area contributed by atoms with Gasteiger partial charge in [-0.25, -0.2) is 13.8 Å². The minimum atomic E-state index is -0.933. The van der Waals surface area contributed by atoms with Crippen molar-refractivity contribution in [2.75, 3.05) is 10.6 Å². The zero-order chi connectivity index (χ0) is 16.4. The van der Waals surface area contributed by atoms with Crippen LogP contribution in [0.2, 0.25) is 0 Å². The molecule has 0 unspecified atom stereocenters. The van der Waals surface area contributed by atoms with Crippen LogP contribution in [0.1, 0.15) is 11.5 Å². The zero-order valence-electron chi connectivity index (χ0n) is 12.4. The SMILES string of the molecule is Cc1cc(Nc2ccc(F)c(F)c2)nc(Nc2cc(C)on2)n1. The summed E-state index contributed by atoms with van der Waals surface area (Å²) in [5.74, 6) is 0.0390. The third-order valence-electron chi connectivity index (χ3n) is 2.91. The fraction of sp³-hybridized carbons (Fsp3) is 0.133. The molecular formula is C15H13F2N5O. The molecule has 2 heterocycles. The van der Waals surface area contributed by atoms with E-state index in [1.165, 1.54) is 6.07 Å². The Labute approximate surface area is 130 Å². The van der Waals surface area contributed by atoms with Crippen LogP contribution in [0.3, 0.4) is 0 Å². The molecule has 0 aliphatic rings. The Bertz CT molecular complexity index is 850. The van der Waals surface area contributed by atoms with E-state index in [1.54, 1.807) is 26.0 Å². The highest BCUT2D eigenvalue weighted by atomic mass is 19.2. The summed E-state index contributed by atoms with van der Waals surface area (Å²) in [6, 6.07) is 6.91. The average molecular weight is 317 g/mol. The van der Waals surface area contributed by atoms with Crippen LogP contribution in [0.4, 0.5) is 32.1 Å². The predicted octanol–water partition coefficient (Wildman–Crippen LogP) is 3.85. The summed E-state index contributed by atoms with van der Waals surface area (Å²) < 4.78 is 31.2. The van der Waals surface area contributed by atoms with Gasteiger partial charge in [-0.1, -0.05) is 5.16 Å². The number of nitrogens with one attached hydrogen (secondary N) is 2. The van der Waals surface area contributed by atoms with E-state index in [9.17, 15) is 8.78 Å². The van der Waals surface area contributed by atoms with Crippen molar-refractivity contribution in [1.29, 1.82) is 0 Å². The van der Waals surface area contributed by atoms with Crippen molar-refractivity contribution in [1.82, 2.24) is 15.1 Å². The minimum Gasteiger partial charge on any atom is -0.360 e. The molecule has 0 atom stereocenters. The van der Waals surface area contributed by atoms with E-state index in [-0.39, 0.29) is 0 Å². The normalized spacial score (nSPS) is 10.6. The molecule has 0 aliphatic carbocycles. The molecule has 2 N–H and O–H groups in total. The van der Waals surface area contributed by atoms with E-state index in [0.29, 0.717) is 34.7 Å². The quantitative estimate of drug-likeness (QED) is 0.761. The smallest absolute Gasteiger partial charge is 0.230 e. The molecule has 23 heavy (non-hydrogen) atoms. The van der Waals surface area contributed by atoms with Crippen molar-refractivity contribution in [2.45, 2.75) is 13.8 Å². The van der Waals surface area contributed by atoms with E-state index in [1.807, 2.05) is 0 Å². The summed E-state index contributed by atoms with van der Waals surface area (Å²) in [7, 11) is 0. The van der Waals surface area contributed by atoms with Crippen LogP contribution in [-0.4, -0.2) is 15.1 Å². The van der Waals surface area contributed by atoms with Gasteiger partial charge in [0.15, 0.2) is 17.5 Å². The van der Waals surface area contributed by atoms with Gasteiger partial charge in [0, 0.05) is 29.6 Å². The largest absolute Gasteiger partial charge is 0.360 e. The second-order valence-electron chi connectivity index (χ2n) is 4.92. The van der Waals surface area contributed by atoms with Gasteiger partial charge < -0.3 is 15.2 Å². The first kappa shape index (κ1) is 14.9. The summed E-state index contributed by atoms with van der Waals surface area (Å²) in [5.41, 5.74) is 1.07. The van der Waals surface area contributed by atoms with Crippen LogP contribution in [0.5, 0.6) is 0 Å². The first-order valence-electron chi connectivity index (χ1n) is 6.78. The molecule has 6 nitrogen and oxygen atoms in total. The lowest BCUT2D eigenvalue weighted by Gasteiger charge is -2.09. The second-order valence-corrected chi connectivity index (χ2v) is 4.92. The van der Waals surface area contributed by atoms with Crippen LogP contribution >= 0.6 is 0 Å². The second kappa shape index (κ2) is 5.99. The number of anilines is 4. The van der Waals surface area contributed by atoms with Gasteiger partial charge >= 0.3 is 0 Å². The molecule has 0 radical (unpaired) electrons. The molecule has 8 heteroatoms. The number of nitrogens with zero attached hydrogens (tertiary/aromatic N) is 3. The van der Waals surface area contributed by atoms with Crippen molar-refractivity contribution >= 4 is 23.3 Å². The average Bonchev–Trinajstić information content (AvgIpc) is 2.87. The first-order chi connectivity index (χ1) is 11.0. The molecule has 0 spiro atoms. The summed E-state index contributed by atoms with van der Waals surface area (Å²) in [5, 5.41) is 9.61. The molecule has 1 aromatic carbocycles. The standard InChI is InChI=1S/C15H13F2N5O/c1-8-5-13(19-10-3-4-11(16)12(17)7-10)20-15(18-8)21-14-6-9(2)23-22-14/h3-7H,1-2H3,(H2,18,19,20,21,22). The lowest BCUT2D eigenvalue weighted by molar-refractivity contribution is 0.400. The Kier molecular flexibility index (Phi) is 3.88. The number of benzene rings is 1. The fourth-order valence-corrected chi connectivity index (χ4v) is 1.95. The van der Waals surface area contributed by atoms with Crippen molar-refractivity contribution in [3.8, 4) is 0 Å². The molecule has 118 valence electrons. The molecule has 0 aliphatic heterocycles. The fourth-order valence-electron chi connectivity index (χ4n) is 1.95. The summed E-state index contributed by atoms with van der Waals surface area (Å²) in [6.07, 6.45) is 0. The summed E-state index contributed by atoms with van der Waals surface area (Å²) in [6.45, 7) is 3.56. The van der Waals surface area contributed by atoms with Gasteiger partial charge in [0.25, 0.3) is 0 Å². The number of hydrogen-bond donors (Lipinski definition) is 2. The third-order valence-corrected chi connectivity index (χ3v) is 2.91. The Balaban J connectivity index is 1.83. The first-order valence-corrected chi connectivity index (χ1v) is 6.78. The van der Waals surface area contributed by atoms with Crippen LogP contribution < -0.4 is 10.6 Å². The minimum absolute atomic E-state index is 0.309. The highest BCUT2D eigenvalue weighted by Crippen LogP contribution is 2.20. The van der Waals surface area contributed by atoms with Crippen molar-refractivity contribution in [3.63, 3.8) is 0 Å². The van der Waals surface area contributed by atoms with Gasteiger partial charge in [-0.2, -0.15) is 4.98 Å². The summed E-state index contributed by atoms with van der Waals surface area (Å²) >= 11 is 0. The molecule has 0 bridgehead atoms. The summed E-state index contributed by atoms with van der Waals surface area (Å²) in [4.78, 5) is 8.49. The van der Waals surface area contributed by atoms with E-state index in [0.717, 1.165) is 12.1 Å². The molecule has 2 aromatic heterocycles. The van der Waals surface area contributed by atoms with Gasteiger partial charge in [0.05, 0.1) is 0 Å². The Hall–Kier alpha value is -3.03. The Morgan fingerprint density at radius 1 is 0.913 bits per heavy atom. The topological polar surface area (TPSA) is 75.9 Å². The Morgan fingerprint density at radius 3 is 2.43 bits per heavy atom. The Morgan fingerprint density at radius 2 is 1.74 bits per heavy atom. The van der Waals surface area contributed by atoms with Crippen molar-refractivity contribution < 1.29 is 13.3 Å². The molecule has 3 aromatic rings. The lowest BCUT2D eigenvalue weighted by Crippen LogP contribution is -2.02. The molecule has 0 saturated carbocycles. The highest BCUT2D eigenvalue weighted by molar-refractivity contribution is 5.59. The van der Waals surface area contributed by atoms with Crippen LogP contribution in [-0.2, 0) is 0 Å². The van der Waals surface area contributed by atoms with Crippen molar-refractivity contribution in [2.24, 2.45) is 0 Å². The lowest BCUT2D eigenvalue weighted by atomic mass is 10.3. The van der Waals surface area contributed by atoms with Gasteiger partial charge in [-0.3, -0.25) is 0 Å². The number of aryl methyl sites for hydroxylation is 2. The third kappa shape index (κ3) is 3.60. The maximum atomic E-state index is 13.3. The predicted molar refractivity (Wildman–Crippen MR) is 80.9 cm³/mol. The van der Waals surface area contributed by atoms with E-state index in [2.05, 4.69) is 25.8 Å². The monoisotopic (exact) mass is 317 g/mol. The van der Waals surface area contributed by atoms with Gasteiger partial charge in [-0.15, -0.1) is 0 Å². The number of aromatic nitrogens is 3.